The van der Waals surface area contributed by atoms with Crippen molar-refractivity contribution in [2.75, 3.05) is 0 Å². The van der Waals surface area contributed by atoms with Gasteiger partial charge in [0.15, 0.2) is 0 Å². The fourth-order valence-electron chi connectivity index (χ4n) is 0.555. The molecule has 0 saturated carbocycles. The number of carbonyl (C=O) groups is 1. The summed E-state index contributed by atoms with van der Waals surface area (Å²) in [7, 11) is 0. The molecule has 0 radical (unpaired) electrons. The molecule has 6 heteroatoms. The molecule has 0 unspecified atom stereocenters. The van der Waals surface area contributed by atoms with Gasteiger partial charge in [0.05, 0.1) is 0 Å². The van der Waals surface area contributed by atoms with Gasteiger partial charge in [-0.25, -0.2) is 4.79 Å². The minimum Gasteiger partial charge on any atom is -0.421 e. The molecule has 11 heavy (non-hydrogen) atoms. The van der Waals surface area contributed by atoms with E-state index >= 15 is 0 Å². The van der Waals surface area contributed by atoms with Crippen LogP contribution in [-0.4, -0.2) is 20.7 Å². The number of hydrogen-bond donors (Lipinski definition) is 1. The van der Waals surface area contributed by atoms with E-state index < -0.39 is 15.5 Å². The van der Waals surface area contributed by atoms with E-state index in [0.29, 0.717) is 0 Å². The standard InChI is InChI=1S/C5H3Cl3O3/c6-5(7,8)4(10)2-1-3(9)11-4/h1-2,10H/t4-/m1/s1. The van der Waals surface area contributed by atoms with Gasteiger partial charge in [0.25, 0.3) is 9.58 Å². The molecule has 0 spiro atoms. The van der Waals surface area contributed by atoms with Crippen LogP contribution in [0.2, 0.25) is 0 Å². The molecule has 3 nitrogen and oxygen atoms in total. The van der Waals surface area contributed by atoms with Crippen molar-refractivity contribution < 1.29 is 14.6 Å². The van der Waals surface area contributed by atoms with Crippen LogP contribution in [0.25, 0.3) is 0 Å². The Morgan fingerprint density at radius 1 is 1.55 bits per heavy atom. The molecule has 0 aliphatic carbocycles. The zero-order chi connectivity index (χ0) is 8.70. The molecule has 0 aromatic carbocycles. The van der Waals surface area contributed by atoms with Crippen LogP contribution in [0, 0.1) is 0 Å². The number of ether oxygens (including phenoxy) is 1. The Morgan fingerprint density at radius 3 is 2.27 bits per heavy atom. The third kappa shape index (κ3) is 1.62. The number of aliphatic hydroxyl groups is 1. The number of hydrogen-bond acceptors (Lipinski definition) is 3. The monoisotopic (exact) mass is 216 g/mol. The molecule has 0 aromatic heterocycles. The van der Waals surface area contributed by atoms with Crippen LogP contribution >= 0.6 is 34.8 Å². The van der Waals surface area contributed by atoms with Crippen LogP contribution in [0.4, 0.5) is 0 Å². The van der Waals surface area contributed by atoms with Gasteiger partial charge >= 0.3 is 5.97 Å². The quantitative estimate of drug-likeness (QED) is 0.489. The van der Waals surface area contributed by atoms with Crippen molar-refractivity contribution in [1.29, 1.82) is 0 Å². The lowest BCUT2D eigenvalue weighted by Crippen LogP contribution is -2.41. The molecule has 1 aliphatic rings. The first-order valence-electron chi connectivity index (χ1n) is 2.56. The van der Waals surface area contributed by atoms with E-state index in [2.05, 4.69) is 4.74 Å². The van der Waals surface area contributed by atoms with Gasteiger partial charge < -0.3 is 9.84 Å². The van der Waals surface area contributed by atoms with E-state index in [-0.39, 0.29) is 0 Å². The largest absolute Gasteiger partial charge is 0.421 e. The van der Waals surface area contributed by atoms with Crippen LogP contribution in [0.3, 0.4) is 0 Å². The molecule has 1 rings (SSSR count). The zero-order valence-corrected chi connectivity index (χ0v) is 7.32. The predicted molar refractivity (Wildman–Crippen MR) is 40.5 cm³/mol. The van der Waals surface area contributed by atoms with Crippen molar-refractivity contribution >= 4 is 40.8 Å². The average molecular weight is 217 g/mol. The van der Waals surface area contributed by atoms with Gasteiger partial charge in [-0.15, -0.1) is 0 Å². The highest BCUT2D eigenvalue weighted by Crippen LogP contribution is 2.41. The molecule has 1 N–H and O–H groups in total. The molecule has 0 saturated heterocycles. The number of halogens is 3. The van der Waals surface area contributed by atoms with Crippen LogP contribution in [0.1, 0.15) is 0 Å². The van der Waals surface area contributed by atoms with Gasteiger partial charge in [0, 0.05) is 6.08 Å². The highest BCUT2D eigenvalue weighted by atomic mass is 35.6. The fourth-order valence-corrected chi connectivity index (χ4v) is 0.859. The van der Waals surface area contributed by atoms with Crippen LogP contribution < -0.4 is 0 Å². The van der Waals surface area contributed by atoms with Gasteiger partial charge in [-0.1, -0.05) is 34.8 Å². The number of cyclic esters (lactones) is 1. The van der Waals surface area contributed by atoms with E-state index in [0.717, 1.165) is 12.2 Å². The summed E-state index contributed by atoms with van der Waals surface area (Å²) in [4.78, 5) is 10.5. The van der Waals surface area contributed by atoms with Gasteiger partial charge in [-0.3, -0.25) is 0 Å². The second kappa shape index (κ2) is 2.52. The topological polar surface area (TPSA) is 46.5 Å². The first-order valence-corrected chi connectivity index (χ1v) is 3.70. The minimum atomic E-state index is -2.13. The molecule has 0 aromatic rings. The lowest BCUT2D eigenvalue weighted by Gasteiger charge is -2.26. The van der Waals surface area contributed by atoms with Gasteiger partial charge in [0.1, 0.15) is 0 Å². The maximum absolute atomic E-state index is 10.5. The van der Waals surface area contributed by atoms with Crippen LogP contribution in [0.15, 0.2) is 12.2 Å². The van der Waals surface area contributed by atoms with Gasteiger partial charge in [-0.2, -0.15) is 0 Å². The summed E-state index contributed by atoms with van der Waals surface area (Å²) >= 11 is 15.9. The summed E-state index contributed by atoms with van der Waals surface area (Å²) in [5.74, 6) is -2.87. The average Bonchev–Trinajstić information content (AvgIpc) is 2.10. The Hall–Kier alpha value is 0.0400. The van der Waals surface area contributed by atoms with Crippen LogP contribution in [-0.2, 0) is 9.53 Å². The first kappa shape index (κ1) is 9.13. The van der Waals surface area contributed by atoms with Crippen molar-refractivity contribution in [2.24, 2.45) is 0 Å². The Morgan fingerprint density at radius 2 is 2.09 bits per heavy atom. The molecule has 0 fully saturated rings. The van der Waals surface area contributed by atoms with E-state index in [1.165, 1.54) is 0 Å². The van der Waals surface area contributed by atoms with E-state index in [1.807, 2.05) is 0 Å². The smallest absolute Gasteiger partial charge is 0.333 e. The first-order chi connectivity index (χ1) is 4.85. The molecule has 62 valence electrons. The molecular weight excluding hydrogens is 214 g/mol. The summed E-state index contributed by atoms with van der Waals surface area (Å²) < 4.78 is 2.26. The number of alkyl halides is 3. The lowest BCUT2D eigenvalue weighted by atomic mass is 10.3. The normalized spacial score (nSPS) is 30.7. The van der Waals surface area contributed by atoms with Crippen molar-refractivity contribution in [3.8, 4) is 0 Å². The third-order valence-corrected chi connectivity index (χ3v) is 1.92. The Kier molecular flexibility index (Phi) is 2.09. The minimum absolute atomic E-state index is 0.737. The summed E-state index contributed by atoms with van der Waals surface area (Å²) in [6.07, 6.45) is 1.98. The van der Waals surface area contributed by atoms with Gasteiger partial charge in [0.2, 0.25) is 0 Å². The summed E-state index contributed by atoms with van der Waals surface area (Å²) in [5.41, 5.74) is 0. The maximum Gasteiger partial charge on any atom is 0.333 e. The zero-order valence-electron chi connectivity index (χ0n) is 5.05. The molecule has 0 amide bonds. The Bertz CT molecular complexity index is 220. The summed E-state index contributed by atoms with van der Waals surface area (Å²) in [5, 5.41) is 9.27. The van der Waals surface area contributed by atoms with E-state index in [4.69, 9.17) is 34.8 Å². The molecule has 0 bridgehead atoms. The second-order valence-electron chi connectivity index (χ2n) is 1.95. The Balaban J connectivity index is 2.88. The molecular formula is C5H3Cl3O3. The van der Waals surface area contributed by atoms with Gasteiger partial charge in [-0.05, 0) is 6.08 Å². The third-order valence-electron chi connectivity index (χ3n) is 1.11. The van der Waals surface area contributed by atoms with Crippen molar-refractivity contribution in [3.05, 3.63) is 12.2 Å². The maximum atomic E-state index is 10.5. The number of carbonyl (C=O) groups excluding carboxylic acids is 1. The fraction of sp³-hybridized carbons (Fsp3) is 0.400. The highest BCUT2D eigenvalue weighted by molar-refractivity contribution is 6.68. The van der Waals surface area contributed by atoms with Crippen molar-refractivity contribution in [2.45, 2.75) is 9.58 Å². The molecule has 1 atom stereocenters. The Labute approximate surface area is 77.5 Å². The van der Waals surface area contributed by atoms with E-state index in [1.54, 1.807) is 0 Å². The molecule has 1 heterocycles. The van der Waals surface area contributed by atoms with Crippen LogP contribution in [0.5, 0.6) is 0 Å². The van der Waals surface area contributed by atoms with E-state index in [9.17, 15) is 9.90 Å². The summed E-state index contributed by atoms with van der Waals surface area (Å²) in [6.45, 7) is 0. The number of esters is 1. The SMILES string of the molecule is O=C1C=C[C@](O)(C(Cl)(Cl)Cl)O1. The summed E-state index contributed by atoms with van der Waals surface area (Å²) in [6, 6.07) is 0. The predicted octanol–water partition coefficient (Wildman–Crippen LogP) is 1.16. The van der Waals surface area contributed by atoms with Crippen molar-refractivity contribution in [3.63, 3.8) is 0 Å². The molecule has 1 aliphatic heterocycles. The lowest BCUT2D eigenvalue weighted by molar-refractivity contribution is -0.176. The second-order valence-corrected chi connectivity index (χ2v) is 4.23. The van der Waals surface area contributed by atoms with Crippen molar-refractivity contribution in [1.82, 2.24) is 0 Å². The highest BCUT2D eigenvalue weighted by Gasteiger charge is 2.51. The number of rotatable bonds is 0.